The Morgan fingerprint density at radius 3 is 2.13 bits per heavy atom. The van der Waals surface area contributed by atoms with Gasteiger partial charge in [-0.05, 0) is 70.6 Å². The summed E-state index contributed by atoms with van der Waals surface area (Å²) in [5.74, 6) is 1.14. The number of rotatable bonds is 6. The predicted molar refractivity (Wildman–Crippen MR) is 128 cm³/mol. The molecule has 0 radical (unpaired) electrons. The summed E-state index contributed by atoms with van der Waals surface area (Å²) in [6.45, 7) is 19.5. The van der Waals surface area contributed by atoms with E-state index in [1.54, 1.807) is 0 Å². The van der Waals surface area contributed by atoms with E-state index < -0.39 is 0 Å². The minimum atomic E-state index is -0.149. The molecular formula is C28H44O2. The average Bonchev–Trinajstić information content (AvgIpc) is 2.65. The molecule has 0 aromatic heterocycles. The fraction of sp³-hybridized carbons (Fsp3) is 0.679. The number of carbonyl (C=O) groups excluding carboxylic acids is 1. The van der Waals surface area contributed by atoms with E-state index in [4.69, 9.17) is 0 Å². The van der Waals surface area contributed by atoms with Gasteiger partial charge in [-0.3, -0.25) is 4.79 Å². The molecule has 1 aromatic rings. The first-order chi connectivity index (χ1) is 13.8. The summed E-state index contributed by atoms with van der Waals surface area (Å²) >= 11 is 0. The van der Waals surface area contributed by atoms with Crippen LogP contribution in [0.1, 0.15) is 111 Å². The van der Waals surface area contributed by atoms with Crippen molar-refractivity contribution in [2.45, 2.75) is 106 Å². The molecule has 168 valence electrons. The average molecular weight is 413 g/mol. The number of Topliss-reactive ketones (excluding diaryl/α,β-unsaturated/α-hetero) is 1. The van der Waals surface area contributed by atoms with Crippen LogP contribution < -0.4 is 0 Å². The molecule has 2 rings (SSSR count). The van der Waals surface area contributed by atoms with Crippen molar-refractivity contribution in [2.75, 3.05) is 0 Å². The first-order valence-corrected chi connectivity index (χ1v) is 12.0. The molecule has 0 saturated carbocycles. The van der Waals surface area contributed by atoms with Crippen LogP contribution >= 0.6 is 0 Å². The third-order valence-electron chi connectivity index (χ3n) is 6.79. The van der Waals surface area contributed by atoms with Crippen LogP contribution in [0.4, 0.5) is 0 Å². The molecule has 3 atom stereocenters. The third kappa shape index (κ3) is 5.18. The lowest BCUT2D eigenvalue weighted by Gasteiger charge is -2.37. The van der Waals surface area contributed by atoms with Crippen LogP contribution in [0.15, 0.2) is 23.8 Å². The lowest BCUT2D eigenvalue weighted by Crippen LogP contribution is -2.34. The van der Waals surface area contributed by atoms with Crippen molar-refractivity contribution >= 4 is 5.78 Å². The van der Waals surface area contributed by atoms with Gasteiger partial charge in [0, 0.05) is 5.92 Å². The van der Waals surface area contributed by atoms with Crippen LogP contribution in [0.5, 0.6) is 5.75 Å². The Labute approximate surface area is 185 Å². The summed E-state index contributed by atoms with van der Waals surface area (Å²) in [6.07, 6.45) is 7.04. The second-order valence-electron chi connectivity index (χ2n) is 11.3. The minimum Gasteiger partial charge on any atom is -0.507 e. The van der Waals surface area contributed by atoms with E-state index in [0.29, 0.717) is 17.5 Å². The lowest BCUT2D eigenvalue weighted by molar-refractivity contribution is -0.122. The van der Waals surface area contributed by atoms with Gasteiger partial charge in [0.2, 0.25) is 0 Å². The molecule has 0 bridgehead atoms. The summed E-state index contributed by atoms with van der Waals surface area (Å²) in [6, 6.07) is 4.33. The number of hydrogen-bond acceptors (Lipinski definition) is 2. The Kier molecular flexibility index (Phi) is 7.64. The fourth-order valence-electron chi connectivity index (χ4n) is 4.93. The van der Waals surface area contributed by atoms with E-state index >= 15 is 0 Å². The molecule has 30 heavy (non-hydrogen) atoms. The van der Waals surface area contributed by atoms with Crippen molar-refractivity contribution in [3.05, 3.63) is 40.5 Å². The highest BCUT2D eigenvalue weighted by Gasteiger charge is 2.40. The first kappa shape index (κ1) is 24.7. The Hall–Kier alpha value is -1.57. The molecule has 0 heterocycles. The molecule has 0 fully saturated rings. The molecule has 1 aromatic carbocycles. The van der Waals surface area contributed by atoms with Gasteiger partial charge in [-0.25, -0.2) is 0 Å². The van der Waals surface area contributed by atoms with E-state index in [1.807, 2.05) is 0 Å². The van der Waals surface area contributed by atoms with Crippen molar-refractivity contribution in [1.29, 1.82) is 0 Å². The monoisotopic (exact) mass is 412 g/mol. The molecule has 2 nitrogen and oxygen atoms in total. The fourth-order valence-corrected chi connectivity index (χ4v) is 4.93. The number of hydrogen-bond donors (Lipinski definition) is 1. The van der Waals surface area contributed by atoms with Gasteiger partial charge in [0.05, 0.1) is 0 Å². The van der Waals surface area contributed by atoms with Crippen LogP contribution in [0, 0.1) is 17.3 Å². The van der Waals surface area contributed by atoms with E-state index in [-0.39, 0.29) is 22.7 Å². The topological polar surface area (TPSA) is 37.3 Å². The second-order valence-corrected chi connectivity index (χ2v) is 11.3. The summed E-state index contributed by atoms with van der Waals surface area (Å²) in [7, 11) is 0. The summed E-state index contributed by atoms with van der Waals surface area (Å²) < 4.78 is 0. The van der Waals surface area contributed by atoms with Crippen molar-refractivity contribution in [3.63, 3.8) is 0 Å². The zero-order valence-corrected chi connectivity index (χ0v) is 20.9. The van der Waals surface area contributed by atoms with Gasteiger partial charge in [-0.15, -0.1) is 0 Å². The molecule has 3 unspecified atom stereocenters. The Bertz CT molecular complexity index is 786. The van der Waals surface area contributed by atoms with Crippen LogP contribution in [-0.2, 0) is 16.6 Å². The second kappa shape index (κ2) is 9.28. The smallest absolute Gasteiger partial charge is 0.162 e. The van der Waals surface area contributed by atoms with Gasteiger partial charge in [0.25, 0.3) is 0 Å². The number of phenolic OH excluding ortho intramolecular Hbond substituents is 1. The van der Waals surface area contributed by atoms with Crippen molar-refractivity contribution in [2.24, 2.45) is 17.3 Å². The van der Waals surface area contributed by atoms with E-state index in [1.165, 1.54) is 5.56 Å². The SMILES string of the molecule is CCCC(c1cc(CC)cc(C(C)(C)C)c1O)C1CC(CC)C=C(C(C)(C)C)C1=O. The molecule has 0 spiro atoms. The molecule has 0 aliphatic heterocycles. The Balaban J connectivity index is 2.65. The van der Waals surface area contributed by atoms with Crippen LogP contribution in [0.2, 0.25) is 0 Å². The minimum absolute atomic E-state index is 0.0556. The number of phenols is 1. The van der Waals surface area contributed by atoms with Gasteiger partial charge >= 0.3 is 0 Å². The number of ketones is 1. The Morgan fingerprint density at radius 2 is 1.67 bits per heavy atom. The molecular weight excluding hydrogens is 368 g/mol. The molecule has 0 saturated heterocycles. The van der Waals surface area contributed by atoms with Gasteiger partial charge < -0.3 is 5.11 Å². The summed E-state index contributed by atoms with van der Waals surface area (Å²) in [5, 5.41) is 11.4. The Morgan fingerprint density at radius 1 is 1.03 bits per heavy atom. The number of aryl methyl sites for hydroxylation is 1. The maximum atomic E-state index is 13.7. The maximum absolute atomic E-state index is 13.7. The zero-order valence-electron chi connectivity index (χ0n) is 20.9. The quantitative estimate of drug-likeness (QED) is 0.519. The number of allylic oxidation sites excluding steroid dienone is 2. The van der Waals surface area contributed by atoms with Crippen LogP contribution in [0.3, 0.4) is 0 Å². The van der Waals surface area contributed by atoms with Crippen LogP contribution in [0.25, 0.3) is 0 Å². The number of benzene rings is 1. The standard InChI is InChI=1S/C28H44O2/c1-10-13-20(21-14-18(11-2)16-23(25(21)29)27(4,5)6)22-15-19(12-3)17-24(26(22)30)28(7,8)9/h14,16-17,19-20,22,29H,10-13,15H2,1-9H3. The molecule has 1 aliphatic rings. The third-order valence-corrected chi connectivity index (χ3v) is 6.79. The first-order valence-electron chi connectivity index (χ1n) is 12.0. The summed E-state index contributed by atoms with van der Waals surface area (Å²) in [5.41, 5.74) is 3.93. The highest BCUT2D eigenvalue weighted by molar-refractivity contribution is 5.99. The highest BCUT2D eigenvalue weighted by atomic mass is 16.3. The normalized spacial score (nSPS) is 21.5. The maximum Gasteiger partial charge on any atom is 0.162 e. The highest BCUT2D eigenvalue weighted by Crippen LogP contribution is 2.47. The van der Waals surface area contributed by atoms with Crippen LogP contribution in [-0.4, -0.2) is 10.9 Å². The molecule has 1 aliphatic carbocycles. The van der Waals surface area contributed by atoms with Crippen molar-refractivity contribution in [3.8, 4) is 5.75 Å². The molecule has 2 heteroatoms. The zero-order chi connectivity index (χ0) is 22.9. The number of carbonyl (C=O) groups is 1. The number of aromatic hydroxyl groups is 1. The molecule has 0 amide bonds. The van der Waals surface area contributed by atoms with E-state index in [9.17, 15) is 9.90 Å². The predicted octanol–water partition coefficient (Wildman–Crippen LogP) is 7.72. The van der Waals surface area contributed by atoms with Gasteiger partial charge in [-0.1, -0.05) is 86.9 Å². The lowest BCUT2D eigenvalue weighted by atomic mass is 9.65. The van der Waals surface area contributed by atoms with Gasteiger partial charge in [0.15, 0.2) is 5.78 Å². The van der Waals surface area contributed by atoms with Crippen molar-refractivity contribution in [1.82, 2.24) is 0 Å². The van der Waals surface area contributed by atoms with Gasteiger partial charge in [0.1, 0.15) is 5.75 Å². The van der Waals surface area contributed by atoms with Crippen molar-refractivity contribution < 1.29 is 9.90 Å². The largest absolute Gasteiger partial charge is 0.507 e. The van der Waals surface area contributed by atoms with E-state index in [2.05, 4.69) is 80.5 Å². The summed E-state index contributed by atoms with van der Waals surface area (Å²) in [4.78, 5) is 13.7. The van der Waals surface area contributed by atoms with Gasteiger partial charge in [-0.2, -0.15) is 0 Å². The van der Waals surface area contributed by atoms with E-state index in [0.717, 1.165) is 48.8 Å². The molecule has 1 N–H and O–H groups in total.